The van der Waals surface area contributed by atoms with Crippen molar-refractivity contribution in [1.82, 2.24) is 20.1 Å². The van der Waals surface area contributed by atoms with Gasteiger partial charge >= 0.3 is 0 Å². The van der Waals surface area contributed by atoms with Crippen molar-refractivity contribution in [2.24, 2.45) is 0 Å². The van der Waals surface area contributed by atoms with E-state index in [0.29, 0.717) is 12.0 Å². The van der Waals surface area contributed by atoms with Gasteiger partial charge in [-0.05, 0) is 32.6 Å². The second-order valence-electron chi connectivity index (χ2n) is 5.89. The summed E-state index contributed by atoms with van der Waals surface area (Å²) in [5, 5.41) is 12.3. The molecular weight excluding hydrogens is 212 g/mol. The monoisotopic (exact) mass is 234 g/mol. The molecule has 2 fully saturated rings. The number of aryl methyl sites for hydroxylation is 1. The molecule has 2 saturated heterocycles. The maximum Gasteiger partial charge on any atom is 0.135 e. The first-order chi connectivity index (χ1) is 8.15. The Labute approximate surface area is 103 Å². The van der Waals surface area contributed by atoms with Gasteiger partial charge in [-0.2, -0.15) is 0 Å². The lowest BCUT2D eigenvalue weighted by Gasteiger charge is -2.31. The lowest BCUT2D eigenvalue weighted by molar-refractivity contribution is 0.288. The fourth-order valence-corrected chi connectivity index (χ4v) is 3.47. The molecule has 2 bridgehead atoms. The summed E-state index contributed by atoms with van der Waals surface area (Å²) in [6, 6.07) is 2.06. The van der Waals surface area contributed by atoms with Gasteiger partial charge in [0.2, 0.25) is 0 Å². The summed E-state index contributed by atoms with van der Waals surface area (Å²) >= 11 is 0. The summed E-state index contributed by atoms with van der Waals surface area (Å²) in [4.78, 5) is 0. The molecule has 0 radical (unpaired) electrons. The highest BCUT2D eigenvalue weighted by Gasteiger charge is 2.35. The molecule has 2 aliphatic rings. The molecule has 4 nitrogen and oxygen atoms in total. The Hall–Kier alpha value is -0.900. The molecule has 0 aliphatic carbocycles. The summed E-state index contributed by atoms with van der Waals surface area (Å²) in [6.07, 6.45) is 5.18. The second-order valence-corrected chi connectivity index (χ2v) is 5.89. The van der Waals surface area contributed by atoms with Gasteiger partial charge in [0, 0.05) is 24.0 Å². The SMILES string of the molecule is Cc1nnc(C(C)C)n1[C@H]1C[C@H]2CC[C@@H](C1)N2. The van der Waals surface area contributed by atoms with Gasteiger partial charge in [0.1, 0.15) is 11.6 Å². The maximum atomic E-state index is 4.35. The number of rotatable bonds is 2. The summed E-state index contributed by atoms with van der Waals surface area (Å²) in [6.45, 7) is 6.49. The van der Waals surface area contributed by atoms with Crippen LogP contribution < -0.4 is 5.32 Å². The first kappa shape index (κ1) is 11.2. The van der Waals surface area contributed by atoms with Crippen LogP contribution >= 0.6 is 0 Å². The molecule has 3 heterocycles. The summed E-state index contributed by atoms with van der Waals surface area (Å²) < 4.78 is 2.40. The van der Waals surface area contributed by atoms with Crippen molar-refractivity contribution in [3.05, 3.63) is 11.6 Å². The molecule has 4 heteroatoms. The van der Waals surface area contributed by atoms with Crippen molar-refractivity contribution in [2.45, 2.75) is 70.5 Å². The zero-order valence-electron chi connectivity index (χ0n) is 11.0. The summed E-state index contributed by atoms with van der Waals surface area (Å²) in [7, 11) is 0. The molecule has 0 spiro atoms. The van der Waals surface area contributed by atoms with Crippen molar-refractivity contribution in [3.8, 4) is 0 Å². The average molecular weight is 234 g/mol. The predicted molar refractivity (Wildman–Crippen MR) is 67.1 cm³/mol. The number of hydrogen-bond acceptors (Lipinski definition) is 3. The van der Waals surface area contributed by atoms with Gasteiger partial charge in [-0.15, -0.1) is 10.2 Å². The van der Waals surface area contributed by atoms with E-state index in [9.17, 15) is 0 Å². The van der Waals surface area contributed by atoms with Crippen LogP contribution in [0.4, 0.5) is 0 Å². The average Bonchev–Trinajstić information content (AvgIpc) is 2.82. The smallest absolute Gasteiger partial charge is 0.135 e. The van der Waals surface area contributed by atoms with Gasteiger partial charge < -0.3 is 9.88 Å². The zero-order valence-corrected chi connectivity index (χ0v) is 11.0. The molecule has 0 amide bonds. The van der Waals surface area contributed by atoms with E-state index in [1.54, 1.807) is 0 Å². The molecule has 1 aromatic rings. The quantitative estimate of drug-likeness (QED) is 0.852. The topological polar surface area (TPSA) is 42.7 Å². The fraction of sp³-hybridized carbons (Fsp3) is 0.846. The van der Waals surface area contributed by atoms with E-state index >= 15 is 0 Å². The minimum atomic E-state index is 0.462. The van der Waals surface area contributed by atoms with Gasteiger partial charge in [0.05, 0.1) is 0 Å². The maximum absolute atomic E-state index is 4.35. The molecule has 2 aliphatic heterocycles. The van der Waals surface area contributed by atoms with Gasteiger partial charge in [-0.1, -0.05) is 13.8 Å². The van der Waals surface area contributed by atoms with E-state index in [-0.39, 0.29) is 0 Å². The van der Waals surface area contributed by atoms with Crippen LogP contribution in [-0.2, 0) is 0 Å². The Bertz CT molecular complexity index is 398. The number of nitrogens with zero attached hydrogens (tertiary/aromatic N) is 3. The molecule has 0 aromatic carbocycles. The van der Waals surface area contributed by atoms with Crippen LogP contribution in [0.3, 0.4) is 0 Å². The van der Waals surface area contributed by atoms with Crippen LogP contribution in [0.2, 0.25) is 0 Å². The van der Waals surface area contributed by atoms with Crippen molar-refractivity contribution < 1.29 is 0 Å². The molecular formula is C13H22N4. The van der Waals surface area contributed by atoms with Crippen molar-refractivity contribution in [3.63, 3.8) is 0 Å². The van der Waals surface area contributed by atoms with Crippen LogP contribution in [0, 0.1) is 6.92 Å². The second kappa shape index (κ2) is 4.09. The first-order valence-electron chi connectivity index (χ1n) is 6.82. The normalized spacial score (nSPS) is 32.4. The summed E-state index contributed by atoms with van der Waals surface area (Å²) in [5.74, 6) is 2.71. The third-order valence-electron chi connectivity index (χ3n) is 4.22. The van der Waals surface area contributed by atoms with Crippen LogP contribution in [0.15, 0.2) is 0 Å². The molecule has 0 saturated carbocycles. The molecule has 0 unspecified atom stereocenters. The third kappa shape index (κ3) is 1.88. The van der Waals surface area contributed by atoms with E-state index in [2.05, 4.69) is 40.9 Å². The van der Waals surface area contributed by atoms with E-state index in [0.717, 1.165) is 23.7 Å². The molecule has 1 aromatic heterocycles. The minimum Gasteiger partial charge on any atom is -0.312 e. The zero-order chi connectivity index (χ0) is 12.0. The molecule has 94 valence electrons. The van der Waals surface area contributed by atoms with Crippen LogP contribution in [0.25, 0.3) is 0 Å². The molecule has 1 N–H and O–H groups in total. The molecule has 3 rings (SSSR count). The number of piperidine rings is 1. The fourth-order valence-electron chi connectivity index (χ4n) is 3.47. The Morgan fingerprint density at radius 2 is 1.82 bits per heavy atom. The van der Waals surface area contributed by atoms with E-state index in [4.69, 9.17) is 0 Å². The van der Waals surface area contributed by atoms with E-state index < -0.39 is 0 Å². The highest BCUT2D eigenvalue weighted by atomic mass is 15.3. The van der Waals surface area contributed by atoms with Crippen molar-refractivity contribution in [2.75, 3.05) is 0 Å². The Balaban J connectivity index is 1.91. The predicted octanol–water partition coefficient (Wildman–Crippen LogP) is 2.17. The number of nitrogens with one attached hydrogen (secondary N) is 1. The van der Waals surface area contributed by atoms with Crippen LogP contribution in [0.1, 0.15) is 63.1 Å². The van der Waals surface area contributed by atoms with Crippen LogP contribution in [0.5, 0.6) is 0 Å². The van der Waals surface area contributed by atoms with E-state index in [1.807, 2.05) is 0 Å². The highest BCUT2D eigenvalue weighted by Crippen LogP contribution is 2.35. The van der Waals surface area contributed by atoms with Gasteiger partial charge in [-0.3, -0.25) is 0 Å². The number of hydrogen-bond donors (Lipinski definition) is 1. The number of fused-ring (bicyclic) bond motifs is 2. The molecule has 17 heavy (non-hydrogen) atoms. The van der Waals surface area contributed by atoms with Gasteiger partial charge in [0.15, 0.2) is 0 Å². The third-order valence-corrected chi connectivity index (χ3v) is 4.22. The first-order valence-corrected chi connectivity index (χ1v) is 6.82. The molecule has 3 atom stereocenters. The standard InChI is InChI=1S/C13H22N4/c1-8(2)13-16-15-9(3)17(13)12-6-10-4-5-11(7-12)14-10/h8,10-12,14H,4-7H2,1-3H3/t10-,11+,12+. The lowest BCUT2D eigenvalue weighted by Crippen LogP contribution is -2.39. The van der Waals surface area contributed by atoms with Crippen molar-refractivity contribution in [1.29, 1.82) is 0 Å². The van der Waals surface area contributed by atoms with Crippen LogP contribution in [-0.4, -0.2) is 26.8 Å². The lowest BCUT2D eigenvalue weighted by atomic mass is 9.98. The van der Waals surface area contributed by atoms with E-state index in [1.165, 1.54) is 25.7 Å². The number of aromatic nitrogens is 3. The Morgan fingerprint density at radius 3 is 2.41 bits per heavy atom. The Morgan fingerprint density at radius 1 is 1.18 bits per heavy atom. The van der Waals surface area contributed by atoms with Gasteiger partial charge in [-0.25, -0.2) is 0 Å². The minimum absolute atomic E-state index is 0.462. The van der Waals surface area contributed by atoms with Crippen molar-refractivity contribution >= 4 is 0 Å². The highest BCUT2D eigenvalue weighted by molar-refractivity contribution is 5.05. The Kier molecular flexibility index (Phi) is 2.69. The van der Waals surface area contributed by atoms with Gasteiger partial charge in [0.25, 0.3) is 0 Å². The largest absolute Gasteiger partial charge is 0.312 e. The summed E-state index contributed by atoms with van der Waals surface area (Å²) in [5.41, 5.74) is 0.